The fourth-order valence-corrected chi connectivity index (χ4v) is 4.60. The van der Waals surface area contributed by atoms with E-state index in [4.69, 9.17) is 4.74 Å². The summed E-state index contributed by atoms with van der Waals surface area (Å²) in [7, 11) is 1.63. The molecule has 1 aliphatic rings. The normalized spacial score (nSPS) is 15.5. The van der Waals surface area contributed by atoms with Crippen LogP contribution in [-0.2, 0) is 17.6 Å². The molecule has 0 radical (unpaired) electrons. The van der Waals surface area contributed by atoms with Gasteiger partial charge in [0.15, 0.2) is 5.78 Å². The lowest BCUT2D eigenvalue weighted by atomic mass is 9.85. The van der Waals surface area contributed by atoms with Crippen LogP contribution >= 0.6 is 11.3 Å². The molecule has 2 aromatic carbocycles. The molecule has 6 heteroatoms. The zero-order valence-electron chi connectivity index (χ0n) is 18.4. The molecule has 32 heavy (non-hydrogen) atoms. The quantitative estimate of drug-likeness (QED) is 0.409. The van der Waals surface area contributed by atoms with Crippen LogP contribution in [0.15, 0.2) is 66.1 Å². The van der Waals surface area contributed by atoms with E-state index in [9.17, 15) is 9.59 Å². The number of methoxy groups -OCH3 is 1. The third kappa shape index (κ3) is 5.08. The number of anilines is 1. The Hall–Kier alpha value is -3.38. The number of ether oxygens (including phenoxy) is 1. The second kappa shape index (κ2) is 9.01. The Bertz CT molecular complexity index is 1180. The maximum Gasteiger partial charge on any atom is 0.229 e. The minimum absolute atomic E-state index is 0.105. The molecule has 0 saturated carbocycles. The lowest BCUT2D eigenvalue weighted by Gasteiger charge is -2.35. The van der Waals surface area contributed by atoms with Gasteiger partial charge in [-0.1, -0.05) is 24.3 Å². The molecular formula is C26H26N2O3S. The second-order valence-electron chi connectivity index (χ2n) is 8.52. The van der Waals surface area contributed by atoms with Gasteiger partial charge in [0.05, 0.1) is 13.5 Å². The van der Waals surface area contributed by atoms with Crippen LogP contribution in [0.4, 0.5) is 5.69 Å². The van der Waals surface area contributed by atoms with Crippen molar-refractivity contribution in [1.29, 1.82) is 0 Å². The van der Waals surface area contributed by atoms with Gasteiger partial charge in [0.2, 0.25) is 5.91 Å². The highest BCUT2D eigenvalue weighted by molar-refractivity contribution is 7.10. The van der Waals surface area contributed by atoms with E-state index < -0.39 is 0 Å². The lowest BCUT2D eigenvalue weighted by molar-refractivity contribution is -0.115. The van der Waals surface area contributed by atoms with Gasteiger partial charge in [-0.3, -0.25) is 9.59 Å². The number of fused-ring (bicyclic) bond motifs is 1. The number of carbonyl (C=O) groups excluding carboxylic acids is 2. The molecule has 0 atom stereocenters. The number of carbonyl (C=O) groups is 2. The number of benzene rings is 2. The van der Waals surface area contributed by atoms with Crippen LogP contribution < -0.4 is 15.4 Å². The molecule has 2 heterocycles. The molecule has 0 saturated heterocycles. The summed E-state index contributed by atoms with van der Waals surface area (Å²) in [6.07, 6.45) is 2.80. The Kier molecular flexibility index (Phi) is 6.15. The van der Waals surface area contributed by atoms with Gasteiger partial charge in [-0.25, -0.2) is 0 Å². The largest absolute Gasteiger partial charge is 0.497 e. The molecule has 5 nitrogen and oxygen atoms in total. The molecule has 1 aliphatic heterocycles. The van der Waals surface area contributed by atoms with Crippen molar-refractivity contribution < 1.29 is 14.3 Å². The first-order valence-electron chi connectivity index (χ1n) is 10.5. The maximum atomic E-state index is 13.1. The second-order valence-corrected chi connectivity index (χ2v) is 9.55. The minimum Gasteiger partial charge on any atom is -0.497 e. The monoisotopic (exact) mass is 446 g/mol. The summed E-state index contributed by atoms with van der Waals surface area (Å²) >= 11 is 1.55. The molecule has 1 aromatic heterocycles. The van der Waals surface area contributed by atoms with Crippen molar-refractivity contribution in [2.75, 3.05) is 12.4 Å². The highest BCUT2D eigenvalue weighted by Crippen LogP contribution is 2.32. The van der Waals surface area contributed by atoms with Crippen LogP contribution in [0.25, 0.3) is 5.70 Å². The molecular weight excluding hydrogens is 420 g/mol. The molecule has 164 valence electrons. The number of nitrogens with one attached hydrogen (secondary N) is 2. The van der Waals surface area contributed by atoms with Crippen molar-refractivity contribution in [2.45, 2.75) is 32.2 Å². The molecule has 0 unspecified atom stereocenters. The summed E-state index contributed by atoms with van der Waals surface area (Å²) in [5.74, 6) is 0.513. The summed E-state index contributed by atoms with van der Waals surface area (Å²) in [6.45, 7) is 4.23. The SMILES string of the molecule is COc1ccc2c(c1)/C(=C/C(=O)c1cccc(NC(=O)Cc3cccs3)c1)NC(C)(C)C2. The summed E-state index contributed by atoms with van der Waals surface area (Å²) in [5, 5.41) is 8.32. The van der Waals surface area contributed by atoms with Crippen LogP contribution in [0.3, 0.4) is 0 Å². The molecule has 1 amide bonds. The average Bonchev–Trinajstić information content (AvgIpc) is 3.25. The Balaban J connectivity index is 1.57. The third-order valence-corrected chi connectivity index (χ3v) is 6.21. The van der Waals surface area contributed by atoms with E-state index in [0.29, 0.717) is 17.7 Å². The van der Waals surface area contributed by atoms with Gasteiger partial charge in [-0.2, -0.15) is 0 Å². The van der Waals surface area contributed by atoms with E-state index >= 15 is 0 Å². The van der Waals surface area contributed by atoms with Crippen molar-refractivity contribution in [3.8, 4) is 5.75 Å². The molecule has 2 N–H and O–H groups in total. The highest BCUT2D eigenvalue weighted by Gasteiger charge is 2.28. The number of hydrogen-bond donors (Lipinski definition) is 2. The highest BCUT2D eigenvalue weighted by atomic mass is 32.1. The van der Waals surface area contributed by atoms with Gasteiger partial charge >= 0.3 is 0 Å². The zero-order chi connectivity index (χ0) is 22.7. The first-order valence-corrected chi connectivity index (χ1v) is 11.3. The van der Waals surface area contributed by atoms with E-state index in [1.807, 2.05) is 29.6 Å². The van der Waals surface area contributed by atoms with Crippen LogP contribution in [-0.4, -0.2) is 24.3 Å². The number of allylic oxidation sites excluding steroid dienone is 1. The minimum atomic E-state index is -0.175. The summed E-state index contributed by atoms with van der Waals surface area (Å²) < 4.78 is 5.38. The van der Waals surface area contributed by atoms with E-state index in [1.165, 1.54) is 5.56 Å². The van der Waals surface area contributed by atoms with Crippen LogP contribution in [0.2, 0.25) is 0 Å². The predicted octanol–water partition coefficient (Wildman–Crippen LogP) is 5.09. The van der Waals surface area contributed by atoms with Gasteiger partial charge in [0, 0.05) is 39.0 Å². The standard InChI is InChI=1S/C26H26N2O3S/c1-26(2)16-18-9-10-20(31-3)13-22(18)23(28-26)15-24(29)17-6-4-7-19(12-17)27-25(30)14-21-8-5-11-32-21/h4-13,15,28H,14,16H2,1-3H3,(H,27,30)/b23-15-. The van der Waals surface area contributed by atoms with Crippen molar-refractivity contribution in [1.82, 2.24) is 5.32 Å². The van der Waals surface area contributed by atoms with Crippen molar-refractivity contribution >= 4 is 34.4 Å². The smallest absolute Gasteiger partial charge is 0.229 e. The van der Waals surface area contributed by atoms with E-state index in [-0.39, 0.29) is 17.2 Å². The van der Waals surface area contributed by atoms with Crippen molar-refractivity contribution in [2.24, 2.45) is 0 Å². The summed E-state index contributed by atoms with van der Waals surface area (Å²) in [5.41, 5.74) is 3.86. The summed E-state index contributed by atoms with van der Waals surface area (Å²) in [4.78, 5) is 26.4. The average molecular weight is 447 g/mol. The summed E-state index contributed by atoms with van der Waals surface area (Å²) in [6, 6.07) is 16.9. The fraction of sp³-hybridized carbons (Fsp3) is 0.231. The number of amides is 1. The van der Waals surface area contributed by atoms with Gasteiger partial charge in [0.25, 0.3) is 0 Å². The number of ketones is 1. The molecule has 0 spiro atoms. The van der Waals surface area contributed by atoms with Crippen LogP contribution in [0.5, 0.6) is 5.75 Å². The zero-order valence-corrected chi connectivity index (χ0v) is 19.2. The molecule has 0 bridgehead atoms. The number of rotatable bonds is 6. The van der Waals surface area contributed by atoms with Crippen molar-refractivity contribution in [3.05, 3.63) is 87.6 Å². The van der Waals surface area contributed by atoms with E-state index in [2.05, 4.69) is 30.5 Å². The molecule has 4 rings (SSSR count). The third-order valence-electron chi connectivity index (χ3n) is 5.33. The van der Waals surface area contributed by atoms with E-state index in [1.54, 1.807) is 48.8 Å². The lowest BCUT2D eigenvalue weighted by Crippen LogP contribution is -2.43. The van der Waals surface area contributed by atoms with Crippen molar-refractivity contribution in [3.63, 3.8) is 0 Å². The van der Waals surface area contributed by atoms with Gasteiger partial charge < -0.3 is 15.4 Å². The first kappa shape index (κ1) is 21.8. The molecule has 0 fully saturated rings. The van der Waals surface area contributed by atoms with Gasteiger partial charge in [0.1, 0.15) is 5.75 Å². The topological polar surface area (TPSA) is 67.4 Å². The Morgan fingerprint density at radius 3 is 2.75 bits per heavy atom. The van der Waals surface area contributed by atoms with Gasteiger partial charge in [-0.15, -0.1) is 11.3 Å². The maximum absolute atomic E-state index is 13.1. The first-order chi connectivity index (χ1) is 15.3. The number of thiophene rings is 1. The predicted molar refractivity (Wildman–Crippen MR) is 129 cm³/mol. The molecule has 0 aliphatic carbocycles. The van der Waals surface area contributed by atoms with E-state index in [0.717, 1.165) is 28.3 Å². The van der Waals surface area contributed by atoms with Gasteiger partial charge in [-0.05, 0) is 61.5 Å². The van der Waals surface area contributed by atoms with Crippen LogP contribution in [0, 0.1) is 0 Å². The Labute approximate surface area is 192 Å². The Morgan fingerprint density at radius 2 is 2.00 bits per heavy atom. The Morgan fingerprint density at radius 1 is 1.16 bits per heavy atom. The number of hydrogen-bond acceptors (Lipinski definition) is 5. The fourth-order valence-electron chi connectivity index (χ4n) is 3.89. The van der Waals surface area contributed by atoms with Crippen LogP contribution in [0.1, 0.15) is 40.2 Å². The molecule has 3 aromatic rings.